The number of rotatable bonds is 3. The van der Waals surface area contributed by atoms with Crippen LogP contribution in [0.5, 0.6) is 0 Å². The molecule has 1 unspecified atom stereocenters. The van der Waals surface area contributed by atoms with E-state index in [0.717, 1.165) is 14.9 Å². The molecule has 0 aliphatic heterocycles. The molecule has 7 heteroatoms. The first kappa shape index (κ1) is 14.1. The van der Waals surface area contributed by atoms with Crippen LogP contribution in [-0.4, -0.2) is 15.1 Å². The lowest BCUT2D eigenvalue weighted by atomic mass is 10.1. The van der Waals surface area contributed by atoms with Gasteiger partial charge in [-0.25, -0.2) is 4.98 Å². The number of H-pyrrole nitrogens is 1. The molecule has 1 atom stereocenters. The molecule has 100 valence electrons. The molecule has 0 saturated heterocycles. The van der Waals surface area contributed by atoms with Crippen molar-refractivity contribution in [3.8, 4) is 0 Å². The van der Waals surface area contributed by atoms with E-state index in [-0.39, 0.29) is 11.4 Å². The number of anilines is 1. The number of aliphatic hydroxyl groups excluding tert-OH is 1. The molecular weight excluding hydrogens is 330 g/mol. The van der Waals surface area contributed by atoms with Crippen molar-refractivity contribution in [2.24, 2.45) is 0 Å². The number of nitrogens with one attached hydrogen (secondary N) is 1. The summed E-state index contributed by atoms with van der Waals surface area (Å²) < 4.78 is 0.820. The Bertz CT molecular complexity index is 658. The van der Waals surface area contributed by atoms with Crippen LogP contribution in [0.15, 0.2) is 43.6 Å². The smallest absolute Gasteiger partial charge is 0.253 e. The summed E-state index contributed by atoms with van der Waals surface area (Å²) in [7, 11) is 0. The van der Waals surface area contributed by atoms with Crippen molar-refractivity contribution < 1.29 is 5.11 Å². The molecule has 2 rings (SSSR count). The van der Waals surface area contributed by atoms with Gasteiger partial charge in [0.25, 0.3) is 5.56 Å². The van der Waals surface area contributed by atoms with Gasteiger partial charge in [0, 0.05) is 15.4 Å². The number of nitrogens with two attached hydrogens (primary N) is 1. The third kappa shape index (κ3) is 3.59. The van der Waals surface area contributed by atoms with Gasteiger partial charge >= 0.3 is 0 Å². The number of hydrogen-bond donors (Lipinski definition) is 3. The largest absolute Gasteiger partial charge is 0.389 e. The second-order valence-electron chi connectivity index (χ2n) is 3.94. The van der Waals surface area contributed by atoms with Crippen LogP contribution in [0.4, 0.5) is 5.82 Å². The van der Waals surface area contributed by atoms with Gasteiger partial charge in [-0.05, 0) is 40.5 Å². The van der Waals surface area contributed by atoms with Crippen LogP contribution in [0.25, 0.3) is 0 Å². The molecule has 0 aliphatic rings. The minimum atomic E-state index is -0.527. The minimum absolute atomic E-state index is 0.183. The molecular formula is C12H12BrN3O2S. The fraction of sp³-hybridized carbons (Fsp3) is 0.167. The Labute approximate surface area is 122 Å². The van der Waals surface area contributed by atoms with Gasteiger partial charge in [-0.15, -0.1) is 0 Å². The quantitative estimate of drug-likeness (QED) is 0.745. The number of aromatic nitrogens is 2. The van der Waals surface area contributed by atoms with Crippen LogP contribution >= 0.6 is 27.7 Å². The van der Waals surface area contributed by atoms with Crippen molar-refractivity contribution in [1.29, 1.82) is 0 Å². The highest BCUT2D eigenvalue weighted by Crippen LogP contribution is 2.33. The number of hydrogen-bond acceptors (Lipinski definition) is 5. The monoisotopic (exact) mass is 341 g/mol. The highest BCUT2D eigenvalue weighted by Gasteiger charge is 2.08. The minimum Gasteiger partial charge on any atom is -0.389 e. The normalized spacial score (nSPS) is 12.4. The first-order valence-corrected chi connectivity index (χ1v) is 7.09. The Hall–Kier alpha value is -1.31. The summed E-state index contributed by atoms with van der Waals surface area (Å²) in [5.74, 6) is 0.183. The van der Waals surface area contributed by atoms with E-state index in [1.165, 1.54) is 17.8 Å². The molecule has 5 nitrogen and oxygen atoms in total. The summed E-state index contributed by atoms with van der Waals surface area (Å²) in [5.41, 5.74) is 6.05. The van der Waals surface area contributed by atoms with Crippen molar-refractivity contribution in [3.63, 3.8) is 0 Å². The Balaban J connectivity index is 2.30. The van der Waals surface area contributed by atoms with Crippen molar-refractivity contribution in [1.82, 2.24) is 9.97 Å². The van der Waals surface area contributed by atoms with Gasteiger partial charge in [0.05, 0.1) is 6.10 Å². The summed E-state index contributed by atoms with van der Waals surface area (Å²) >= 11 is 4.71. The number of nitrogens with zero attached hydrogens (tertiary/aromatic N) is 1. The molecule has 0 aliphatic carbocycles. The third-order valence-corrected chi connectivity index (χ3v) is 4.27. The van der Waals surface area contributed by atoms with Gasteiger partial charge in [-0.3, -0.25) is 4.79 Å². The lowest BCUT2D eigenvalue weighted by Gasteiger charge is -2.08. The molecule has 0 amide bonds. The third-order valence-electron chi connectivity index (χ3n) is 2.38. The maximum Gasteiger partial charge on any atom is 0.253 e. The predicted octanol–water partition coefficient (Wildman–Crippen LogP) is 2.32. The first-order valence-electron chi connectivity index (χ1n) is 5.48. The topological polar surface area (TPSA) is 92.0 Å². The second-order valence-corrected chi connectivity index (χ2v) is 5.83. The van der Waals surface area contributed by atoms with Crippen LogP contribution < -0.4 is 11.3 Å². The molecule has 1 aromatic carbocycles. The lowest BCUT2D eigenvalue weighted by Crippen LogP contribution is -2.09. The zero-order valence-corrected chi connectivity index (χ0v) is 12.5. The molecule has 4 N–H and O–H groups in total. The fourth-order valence-electron chi connectivity index (χ4n) is 1.47. The lowest BCUT2D eigenvalue weighted by molar-refractivity contribution is 0.199. The maximum absolute atomic E-state index is 11.3. The molecule has 19 heavy (non-hydrogen) atoms. The van der Waals surface area contributed by atoms with Crippen molar-refractivity contribution >= 4 is 33.5 Å². The Morgan fingerprint density at radius 3 is 2.79 bits per heavy atom. The zero-order chi connectivity index (χ0) is 14.0. The summed E-state index contributed by atoms with van der Waals surface area (Å²) in [6.45, 7) is 1.70. The summed E-state index contributed by atoms with van der Waals surface area (Å²) in [6, 6.07) is 6.73. The molecule has 0 radical (unpaired) electrons. The Kier molecular flexibility index (Phi) is 4.28. The van der Waals surface area contributed by atoms with E-state index in [4.69, 9.17) is 5.73 Å². The molecule has 1 heterocycles. The van der Waals surface area contributed by atoms with Crippen LogP contribution in [0.1, 0.15) is 18.6 Å². The van der Waals surface area contributed by atoms with Crippen molar-refractivity contribution in [3.05, 3.63) is 44.7 Å². The standard InChI is InChI=1S/C12H12BrN3O2S/c1-6(17)7-2-3-9(8(13)4-7)19-12-15-10(14)5-11(18)16-12/h2-6,17H,1H3,(H3,14,15,16,18). The first-order chi connectivity index (χ1) is 8.95. The highest BCUT2D eigenvalue weighted by atomic mass is 79.9. The van der Waals surface area contributed by atoms with Gasteiger partial charge in [-0.1, -0.05) is 17.8 Å². The number of nitrogen functional groups attached to an aromatic ring is 1. The maximum atomic E-state index is 11.3. The molecule has 0 bridgehead atoms. The second kappa shape index (κ2) is 5.77. The van der Waals surface area contributed by atoms with Crippen LogP contribution in [0.2, 0.25) is 0 Å². The molecule has 0 saturated carbocycles. The van der Waals surface area contributed by atoms with Crippen molar-refractivity contribution in [2.45, 2.75) is 23.1 Å². The van der Waals surface area contributed by atoms with E-state index in [1.54, 1.807) is 6.92 Å². The summed E-state index contributed by atoms with van der Waals surface area (Å²) in [5, 5.41) is 9.92. The average Bonchev–Trinajstić information content (AvgIpc) is 2.30. The number of aromatic amines is 1. The number of aliphatic hydroxyl groups is 1. The Morgan fingerprint density at radius 1 is 1.47 bits per heavy atom. The van der Waals surface area contributed by atoms with E-state index in [2.05, 4.69) is 25.9 Å². The van der Waals surface area contributed by atoms with Gasteiger partial charge in [0.15, 0.2) is 5.16 Å². The van der Waals surface area contributed by atoms with E-state index in [1.807, 2.05) is 18.2 Å². The summed E-state index contributed by atoms with van der Waals surface area (Å²) in [6.07, 6.45) is -0.527. The van der Waals surface area contributed by atoms with E-state index >= 15 is 0 Å². The average molecular weight is 342 g/mol. The molecule has 2 aromatic rings. The molecule has 1 aromatic heterocycles. The SMILES string of the molecule is CC(O)c1ccc(Sc2nc(N)cc(=O)[nH]2)c(Br)c1. The van der Waals surface area contributed by atoms with Crippen LogP contribution in [0.3, 0.4) is 0 Å². The van der Waals surface area contributed by atoms with E-state index in [0.29, 0.717) is 5.16 Å². The predicted molar refractivity (Wildman–Crippen MR) is 78.2 cm³/mol. The van der Waals surface area contributed by atoms with Gasteiger partial charge < -0.3 is 15.8 Å². The number of benzene rings is 1. The van der Waals surface area contributed by atoms with E-state index in [9.17, 15) is 9.90 Å². The Morgan fingerprint density at radius 2 is 2.21 bits per heavy atom. The van der Waals surface area contributed by atoms with Crippen LogP contribution in [0, 0.1) is 0 Å². The van der Waals surface area contributed by atoms with Gasteiger partial charge in [-0.2, -0.15) is 0 Å². The molecule has 0 fully saturated rings. The van der Waals surface area contributed by atoms with Gasteiger partial charge in [0.2, 0.25) is 0 Å². The zero-order valence-electron chi connectivity index (χ0n) is 10.1. The fourth-order valence-corrected chi connectivity index (χ4v) is 2.91. The van der Waals surface area contributed by atoms with Crippen LogP contribution in [-0.2, 0) is 0 Å². The van der Waals surface area contributed by atoms with E-state index < -0.39 is 6.10 Å². The van der Waals surface area contributed by atoms with Gasteiger partial charge in [0.1, 0.15) is 5.82 Å². The summed E-state index contributed by atoms with van der Waals surface area (Å²) in [4.78, 5) is 18.8. The number of halogens is 1. The molecule has 0 spiro atoms. The highest BCUT2D eigenvalue weighted by molar-refractivity contribution is 9.10. The van der Waals surface area contributed by atoms with Crippen molar-refractivity contribution in [2.75, 3.05) is 5.73 Å².